The molecule has 0 amide bonds. The summed E-state index contributed by atoms with van der Waals surface area (Å²) in [4.78, 5) is 12.5. The molecular weight excluding hydrogens is 202 g/mol. The highest BCUT2D eigenvalue weighted by molar-refractivity contribution is 5.43. The van der Waals surface area contributed by atoms with Crippen molar-refractivity contribution in [3.8, 4) is 0 Å². The predicted molar refractivity (Wildman–Crippen MR) is 61.6 cm³/mol. The van der Waals surface area contributed by atoms with Crippen LogP contribution in [0.15, 0.2) is 36.8 Å². The number of anilines is 1. The van der Waals surface area contributed by atoms with Gasteiger partial charge in [-0.25, -0.2) is 15.0 Å². The second kappa shape index (κ2) is 4.67. The molecule has 0 aliphatic rings. The summed E-state index contributed by atoms with van der Waals surface area (Å²) in [6.07, 6.45) is 5.08. The molecular formula is C11H13N5. The highest BCUT2D eigenvalue weighted by Gasteiger charge is 2.17. The number of nitrogens with two attached hydrogens (primary N) is 1. The Balaban J connectivity index is 2.41. The van der Waals surface area contributed by atoms with E-state index >= 15 is 0 Å². The van der Waals surface area contributed by atoms with Crippen LogP contribution in [0.4, 0.5) is 5.82 Å². The lowest BCUT2D eigenvalue weighted by atomic mass is 10.1. The highest BCUT2D eigenvalue weighted by atomic mass is 15.0. The van der Waals surface area contributed by atoms with Gasteiger partial charge in [-0.2, -0.15) is 0 Å². The second-order valence-electron chi connectivity index (χ2n) is 3.31. The van der Waals surface area contributed by atoms with Gasteiger partial charge in [0.25, 0.3) is 0 Å². The molecule has 16 heavy (non-hydrogen) atoms. The average Bonchev–Trinajstić information content (AvgIpc) is 2.34. The van der Waals surface area contributed by atoms with E-state index in [2.05, 4.69) is 20.3 Å². The van der Waals surface area contributed by atoms with Gasteiger partial charge in [0.15, 0.2) is 0 Å². The van der Waals surface area contributed by atoms with Gasteiger partial charge >= 0.3 is 0 Å². The summed E-state index contributed by atoms with van der Waals surface area (Å²) in [6, 6.07) is 5.41. The van der Waals surface area contributed by atoms with Crippen LogP contribution in [0, 0.1) is 0 Å². The van der Waals surface area contributed by atoms with Crippen molar-refractivity contribution in [3.63, 3.8) is 0 Å². The van der Waals surface area contributed by atoms with E-state index in [4.69, 9.17) is 5.73 Å². The summed E-state index contributed by atoms with van der Waals surface area (Å²) in [7, 11) is 1.84. The molecule has 0 fully saturated rings. The van der Waals surface area contributed by atoms with Gasteiger partial charge in [0.05, 0.1) is 6.04 Å². The van der Waals surface area contributed by atoms with Crippen LogP contribution in [0.3, 0.4) is 0 Å². The van der Waals surface area contributed by atoms with Crippen molar-refractivity contribution >= 4 is 5.82 Å². The molecule has 2 aromatic rings. The van der Waals surface area contributed by atoms with E-state index in [1.54, 1.807) is 24.7 Å². The Hall–Kier alpha value is -2.01. The number of nitrogen functional groups attached to an aromatic ring is 1. The monoisotopic (exact) mass is 215 g/mol. The van der Waals surface area contributed by atoms with Crippen molar-refractivity contribution in [2.75, 3.05) is 12.8 Å². The zero-order valence-corrected chi connectivity index (χ0v) is 8.96. The van der Waals surface area contributed by atoms with E-state index in [1.165, 1.54) is 0 Å². The lowest BCUT2D eigenvalue weighted by Crippen LogP contribution is -2.21. The van der Waals surface area contributed by atoms with Gasteiger partial charge in [-0.15, -0.1) is 0 Å². The fourth-order valence-electron chi connectivity index (χ4n) is 1.56. The van der Waals surface area contributed by atoms with E-state index in [1.807, 2.05) is 19.2 Å². The molecule has 3 N–H and O–H groups in total. The number of aromatic nitrogens is 3. The van der Waals surface area contributed by atoms with Crippen LogP contribution in [-0.2, 0) is 0 Å². The van der Waals surface area contributed by atoms with Gasteiger partial charge < -0.3 is 11.1 Å². The van der Waals surface area contributed by atoms with E-state index in [0.29, 0.717) is 11.6 Å². The molecule has 0 saturated heterocycles. The van der Waals surface area contributed by atoms with E-state index in [-0.39, 0.29) is 6.04 Å². The Morgan fingerprint density at radius 1 is 1.12 bits per heavy atom. The van der Waals surface area contributed by atoms with Crippen LogP contribution in [0.2, 0.25) is 0 Å². The zero-order valence-electron chi connectivity index (χ0n) is 8.96. The van der Waals surface area contributed by atoms with Crippen LogP contribution in [0.1, 0.15) is 17.4 Å². The molecule has 5 nitrogen and oxygen atoms in total. The molecule has 1 unspecified atom stereocenters. The summed E-state index contributed by atoms with van der Waals surface area (Å²) in [5.74, 6) is 1.18. The Morgan fingerprint density at radius 3 is 2.44 bits per heavy atom. The van der Waals surface area contributed by atoms with Crippen molar-refractivity contribution in [2.24, 2.45) is 0 Å². The van der Waals surface area contributed by atoms with Gasteiger partial charge in [0, 0.05) is 24.2 Å². The molecule has 0 aliphatic carbocycles. The third-order valence-electron chi connectivity index (χ3n) is 2.31. The average molecular weight is 215 g/mol. The maximum Gasteiger partial charge on any atom is 0.149 e. The predicted octanol–water partition coefficient (Wildman–Crippen LogP) is 0.763. The fourth-order valence-corrected chi connectivity index (χ4v) is 1.56. The van der Waals surface area contributed by atoms with Crippen molar-refractivity contribution in [1.82, 2.24) is 20.3 Å². The maximum atomic E-state index is 5.83. The first kappa shape index (κ1) is 10.5. The molecule has 0 bridgehead atoms. The summed E-state index contributed by atoms with van der Waals surface area (Å²) in [5, 5.41) is 3.13. The number of hydrogen-bond donors (Lipinski definition) is 2. The summed E-state index contributed by atoms with van der Waals surface area (Å²) in [5.41, 5.74) is 6.71. The van der Waals surface area contributed by atoms with E-state index < -0.39 is 0 Å². The van der Waals surface area contributed by atoms with Gasteiger partial charge in [0.1, 0.15) is 11.6 Å². The lowest BCUT2D eigenvalue weighted by molar-refractivity contribution is 0.646. The molecule has 0 saturated carbocycles. The standard InChI is InChI=1S/C11H13N5/c1-13-9(11-15-6-3-7-16-11)8-4-2-5-14-10(8)12/h2-7,9,13H,1H3,(H2,12,14). The topological polar surface area (TPSA) is 76.7 Å². The van der Waals surface area contributed by atoms with Gasteiger partial charge in [-0.1, -0.05) is 6.07 Å². The second-order valence-corrected chi connectivity index (χ2v) is 3.31. The highest BCUT2D eigenvalue weighted by Crippen LogP contribution is 2.21. The summed E-state index contributed by atoms with van der Waals surface area (Å²) in [6.45, 7) is 0. The smallest absolute Gasteiger partial charge is 0.149 e. The molecule has 1 atom stereocenters. The quantitative estimate of drug-likeness (QED) is 0.790. The normalized spacial score (nSPS) is 12.3. The third-order valence-corrected chi connectivity index (χ3v) is 2.31. The van der Waals surface area contributed by atoms with Crippen LogP contribution in [0.5, 0.6) is 0 Å². The molecule has 5 heteroatoms. The van der Waals surface area contributed by atoms with Crippen LogP contribution in [0.25, 0.3) is 0 Å². The van der Waals surface area contributed by atoms with Crippen LogP contribution < -0.4 is 11.1 Å². The molecule has 2 heterocycles. The minimum Gasteiger partial charge on any atom is -0.383 e. The Bertz CT molecular complexity index is 457. The first-order chi connectivity index (χ1) is 7.83. The largest absolute Gasteiger partial charge is 0.383 e. The number of nitrogens with one attached hydrogen (secondary N) is 1. The summed E-state index contributed by atoms with van der Waals surface area (Å²) < 4.78 is 0. The maximum absolute atomic E-state index is 5.83. The van der Waals surface area contributed by atoms with Crippen molar-refractivity contribution in [3.05, 3.63) is 48.2 Å². The number of rotatable bonds is 3. The molecule has 2 aromatic heterocycles. The Kier molecular flexibility index (Phi) is 3.07. The lowest BCUT2D eigenvalue weighted by Gasteiger charge is -2.15. The first-order valence-corrected chi connectivity index (χ1v) is 4.97. The molecule has 2 rings (SSSR count). The van der Waals surface area contributed by atoms with Gasteiger partial charge in [-0.05, 0) is 19.2 Å². The van der Waals surface area contributed by atoms with Gasteiger partial charge in [0.2, 0.25) is 0 Å². The minimum absolute atomic E-state index is 0.130. The third kappa shape index (κ3) is 1.99. The van der Waals surface area contributed by atoms with Crippen molar-refractivity contribution in [2.45, 2.75) is 6.04 Å². The van der Waals surface area contributed by atoms with Gasteiger partial charge in [-0.3, -0.25) is 0 Å². The van der Waals surface area contributed by atoms with Crippen molar-refractivity contribution in [1.29, 1.82) is 0 Å². The molecule has 0 aromatic carbocycles. The Labute approximate surface area is 93.8 Å². The first-order valence-electron chi connectivity index (χ1n) is 4.97. The van der Waals surface area contributed by atoms with E-state index in [9.17, 15) is 0 Å². The molecule has 0 spiro atoms. The number of nitrogens with zero attached hydrogens (tertiary/aromatic N) is 3. The zero-order chi connectivity index (χ0) is 11.4. The number of pyridine rings is 1. The fraction of sp³-hybridized carbons (Fsp3) is 0.182. The van der Waals surface area contributed by atoms with E-state index in [0.717, 1.165) is 5.56 Å². The Morgan fingerprint density at radius 2 is 1.81 bits per heavy atom. The summed E-state index contributed by atoms with van der Waals surface area (Å²) >= 11 is 0. The minimum atomic E-state index is -0.130. The SMILES string of the molecule is CNC(c1ncccn1)c1cccnc1N. The molecule has 82 valence electrons. The number of hydrogen-bond acceptors (Lipinski definition) is 5. The molecule has 0 aliphatic heterocycles. The van der Waals surface area contributed by atoms with Crippen LogP contribution in [-0.4, -0.2) is 22.0 Å². The van der Waals surface area contributed by atoms with Crippen molar-refractivity contribution < 1.29 is 0 Å². The van der Waals surface area contributed by atoms with Crippen LogP contribution >= 0.6 is 0 Å². The molecule has 0 radical (unpaired) electrons.